The number of hydrogen-bond acceptors (Lipinski definition) is 1. The van der Waals surface area contributed by atoms with E-state index in [-0.39, 0.29) is 1.43 Å². The summed E-state index contributed by atoms with van der Waals surface area (Å²) in [6.07, 6.45) is 7.75. The molecule has 0 fully saturated rings. The van der Waals surface area contributed by atoms with Crippen LogP contribution in [0, 0.1) is 0 Å². The van der Waals surface area contributed by atoms with Crippen molar-refractivity contribution in [2.75, 3.05) is 0 Å². The van der Waals surface area contributed by atoms with E-state index in [1.54, 1.807) is 0 Å². The van der Waals surface area contributed by atoms with Crippen LogP contribution >= 0.6 is 0 Å². The molecule has 0 unspecified atom stereocenters. The number of nitrogens with two attached hydrogens (primary N) is 1. The van der Waals surface area contributed by atoms with E-state index in [4.69, 9.17) is 5.73 Å². The third kappa shape index (κ3) is 17.4. The van der Waals surface area contributed by atoms with Crippen LogP contribution in [0.2, 0.25) is 0 Å². The van der Waals surface area contributed by atoms with Gasteiger partial charge in [-0.1, -0.05) is 79.5 Å². The van der Waals surface area contributed by atoms with E-state index in [9.17, 15) is 0 Å². The Kier molecular flexibility index (Phi) is 36.9. The van der Waals surface area contributed by atoms with E-state index in [0.29, 0.717) is 6.04 Å². The van der Waals surface area contributed by atoms with Gasteiger partial charge in [0.2, 0.25) is 0 Å². The van der Waals surface area contributed by atoms with E-state index >= 15 is 0 Å². The normalized spacial score (nSPS) is 16.1. The van der Waals surface area contributed by atoms with Crippen LogP contribution in [0.15, 0.2) is 23.3 Å². The van der Waals surface area contributed by atoms with Crippen LogP contribution in [0.4, 0.5) is 0 Å². The minimum atomic E-state index is 0. The number of hydrogen-bond donors (Lipinski definition) is 1. The fourth-order valence-corrected chi connectivity index (χ4v) is 1.43. The summed E-state index contributed by atoms with van der Waals surface area (Å²) < 4.78 is 0. The molecule has 0 saturated carbocycles. The first-order chi connectivity index (χ1) is 9.17. The van der Waals surface area contributed by atoms with Crippen LogP contribution in [0.25, 0.3) is 0 Å². The third-order valence-electron chi connectivity index (χ3n) is 2.07. The minimum Gasteiger partial charge on any atom is -0.324 e. The van der Waals surface area contributed by atoms with E-state index in [1.165, 1.54) is 24.0 Å². The Morgan fingerprint density at radius 2 is 1.47 bits per heavy atom. The molecule has 0 aromatic carbocycles. The molecule has 1 nitrogen and oxygen atoms in total. The summed E-state index contributed by atoms with van der Waals surface area (Å²) in [4.78, 5) is 0. The van der Waals surface area contributed by atoms with Crippen molar-refractivity contribution in [2.45, 2.75) is 94.5 Å². The van der Waals surface area contributed by atoms with Crippen LogP contribution in [-0.2, 0) is 0 Å². The predicted molar refractivity (Wildman–Crippen MR) is 96.8 cm³/mol. The first kappa shape index (κ1) is 26.9. The monoisotopic (exact) mass is 273 g/mol. The summed E-state index contributed by atoms with van der Waals surface area (Å²) in [5, 5.41) is 0. The molecule has 0 aliphatic heterocycles. The van der Waals surface area contributed by atoms with Gasteiger partial charge in [0, 0.05) is 7.47 Å². The molecule has 0 heterocycles. The highest BCUT2D eigenvalue weighted by Crippen LogP contribution is 2.25. The van der Waals surface area contributed by atoms with Gasteiger partial charge in [0.25, 0.3) is 0 Å². The first-order valence-corrected chi connectivity index (χ1v) is 8.25. The minimum absolute atomic E-state index is 0. The van der Waals surface area contributed by atoms with Crippen molar-refractivity contribution in [2.24, 2.45) is 5.73 Å². The van der Waals surface area contributed by atoms with Crippen molar-refractivity contribution >= 4 is 0 Å². The zero-order valence-electron chi connectivity index (χ0n) is 15.4. The molecule has 0 saturated heterocycles. The van der Waals surface area contributed by atoms with Gasteiger partial charge in [-0.15, -0.1) is 0 Å². The maximum Gasteiger partial charge on any atom is 0.0297 e. The summed E-state index contributed by atoms with van der Waals surface area (Å²) in [6.45, 7) is 20.5. The van der Waals surface area contributed by atoms with Crippen molar-refractivity contribution in [3.05, 3.63) is 23.3 Å². The molecule has 0 amide bonds. The predicted octanol–water partition coefficient (Wildman–Crippen LogP) is 6.74. The second kappa shape index (κ2) is 26.1. The molecule has 1 atom stereocenters. The SMILES string of the molecule is C/C=C\C1=C(C)CC[C@H]1N.CC.CC.CC.CCC.[HH]. The molecule has 1 aliphatic rings. The standard InChI is InChI=1S/C9H15N.C3H8.3C2H6.H2/c1-3-4-8-7(2)5-6-9(8)10;1-3-2;3*1-2;/h3-4,9H,5-6,10H2,1-2H3;3H2,1-2H3;3*1-2H3;1H/b4-3-;;;;;/t9-;;;;;/m1...../s1. The van der Waals surface area contributed by atoms with Gasteiger partial charge in [-0.25, -0.2) is 0 Å². The van der Waals surface area contributed by atoms with Gasteiger partial charge >= 0.3 is 0 Å². The maximum absolute atomic E-state index is 5.85. The summed E-state index contributed by atoms with van der Waals surface area (Å²) >= 11 is 0. The summed E-state index contributed by atoms with van der Waals surface area (Å²) in [7, 11) is 0. The van der Waals surface area contributed by atoms with Crippen molar-refractivity contribution in [1.29, 1.82) is 0 Å². The van der Waals surface area contributed by atoms with Crippen LogP contribution < -0.4 is 5.73 Å². The van der Waals surface area contributed by atoms with E-state index < -0.39 is 0 Å². The second-order valence-corrected chi connectivity index (χ2v) is 3.59. The quantitative estimate of drug-likeness (QED) is 0.562. The summed E-state index contributed by atoms with van der Waals surface area (Å²) in [6, 6.07) is 0.302. The molecule has 0 radical (unpaired) electrons. The van der Waals surface area contributed by atoms with Gasteiger partial charge in [0.1, 0.15) is 0 Å². The first-order valence-electron chi connectivity index (χ1n) is 8.25. The van der Waals surface area contributed by atoms with Crippen molar-refractivity contribution in [3.63, 3.8) is 0 Å². The van der Waals surface area contributed by atoms with Crippen LogP contribution in [-0.4, -0.2) is 6.04 Å². The van der Waals surface area contributed by atoms with Crippen LogP contribution in [0.1, 0.15) is 89.9 Å². The van der Waals surface area contributed by atoms with E-state index in [2.05, 4.69) is 32.9 Å². The van der Waals surface area contributed by atoms with E-state index in [0.717, 1.165) is 6.42 Å². The largest absolute Gasteiger partial charge is 0.324 e. The molecule has 120 valence electrons. The Morgan fingerprint density at radius 1 is 1.11 bits per heavy atom. The Bertz CT molecular complexity index is 196. The molecular formula is C18H43N. The lowest BCUT2D eigenvalue weighted by molar-refractivity contribution is 0.758. The molecular weight excluding hydrogens is 230 g/mol. The van der Waals surface area contributed by atoms with Crippen LogP contribution in [0.3, 0.4) is 0 Å². The molecule has 1 rings (SSSR count). The lowest BCUT2D eigenvalue weighted by Crippen LogP contribution is -2.17. The van der Waals surface area contributed by atoms with Gasteiger partial charge in [0.05, 0.1) is 0 Å². The van der Waals surface area contributed by atoms with Crippen LogP contribution in [0.5, 0.6) is 0 Å². The van der Waals surface area contributed by atoms with Crippen molar-refractivity contribution < 1.29 is 1.43 Å². The van der Waals surface area contributed by atoms with Gasteiger partial charge in [0.15, 0.2) is 0 Å². The molecule has 0 bridgehead atoms. The summed E-state index contributed by atoms with van der Waals surface area (Å²) in [5.41, 5.74) is 8.66. The maximum atomic E-state index is 5.85. The van der Waals surface area contributed by atoms with Crippen molar-refractivity contribution in [3.8, 4) is 0 Å². The number of allylic oxidation sites excluding steroid dienone is 2. The molecule has 1 heteroatoms. The van der Waals surface area contributed by atoms with Gasteiger partial charge in [-0.3, -0.25) is 0 Å². The molecule has 1 aliphatic carbocycles. The van der Waals surface area contributed by atoms with Gasteiger partial charge < -0.3 is 5.73 Å². The lowest BCUT2D eigenvalue weighted by atomic mass is 10.1. The number of rotatable bonds is 1. The zero-order valence-corrected chi connectivity index (χ0v) is 15.4. The average molecular weight is 274 g/mol. The molecule has 0 aromatic rings. The molecule has 0 aromatic heterocycles. The fourth-order valence-electron chi connectivity index (χ4n) is 1.43. The highest BCUT2D eigenvalue weighted by molar-refractivity contribution is 5.33. The van der Waals surface area contributed by atoms with Crippen molar-refractivity contribution in [1.82, 2.24) is 0 Å². The smallest absolute Gasteiger partial charge is 0.0297 e. The van der Waals surface area contributed by atoms with E-state index in [1.807, 2.05) is 48.5 Å². The zero-order chi connectivity index (χ0) is 16.3. The third-order valence-corrected chi connectivity index (χ3v) is 2.07. The fraction of sp³-hybridized carbons (Fsp3) is 0.778. The molecule has 19 heavy (non-hydrogen) atoms. The van der Waals surface area contributed by atoms with Gasteiger partial charge in [-0.05, 0) is 32.3 Å². The van der Waals surface area contributed by atoms with Gasteiger partial charge in [-0.2, -0.15) is 0 Å². The average Bonchev–Trinajstić information content (AvgIpc) is 2.79. The highest BCUT2D eigenvalue weighted by atomic mass is 14.6. The molecule has 2 N–H and O–H groups in total. The second-order valence-electron chi connectivity index (χ2n) is 3.59. The summed E-state index contributed by atoms with van der Waals surface area (Å²) in [5.74, 6) is 0. The topological polar surface area (TPSA) is 26.0 Å². The highest BCUT2D eigenvalue weighted by Gasteiger charge is 2.16. The Balaban J connectivity index is -0.0000000642. The lowest BCUT2D eigenvalue weighted by Gasteiger charge is -2.03. The Hall–Kier alpha value is -0.560. The Morgan fingerprint density at radius 3 is 1.68 bits per heavy atom. The molecule has 0 spiro atoms. The Labute approximate surface area is 125 Å².